The fraction of sp³-hybridized carbons (Fsp3) is 0.714. The number of hydrogen-bond acceptors (Lipinski definition) is 4. The van der Waals surface area contributed by atoms with Gasteiger partial charge in [-0.2, -0.15) is 5.10 Å². The van der Waals surface area contributed by atoms with Crippen LogP contribution in [0.5, 0.6) is 0 Å². The fourth-order valence-electron chi connectivity index (χ4n) is 2.48. The Labute approximate surface area is 124 Å². The van der Waals surface area contributed by atoms with E-state index in [4.69, 9.17) is 0 Å². The average molecular weight is 293 g/mol. The number of nitrogens with one attached hydrogen (secondary N) is 1. The van der Waals surface area contributed by atoms with E-state index in [9.17, 15) is 9.59 Å². The molecule has 1 saturated heterocycles. The van der Waals surface area contributed by atoms with Crippen LogP contribution in [-0.2, 0) is 16.1 Å². The molecule has 7 nitrogen and oxygen atoms in total. The maximum atomic E-state index is 12.6. The number of piperazine rings is 1. The van der Waals surface area contributed by atoms with Crippen LogP contribution in [0.4, 0.5) is 0 Å². The standard InChI is InChI=1S/C14H23N5O2/c1-8(2)12-14(21)18(10(5)13(20)17-12)6-11-15-7-16-19(11)9(3)4/h7-10,12H,6H2,1-5H3,(H,17,20). The van der Waals surface area contributed by atoms with Crippen LogP contribution in [0, 0.1) is 5.92 Å². The van der Waals surface area contributed by atoms with Gasteiger partial charge in [0.15, 0.2) is 0 Å². The molecule has 7 heteroatoms. The summed E-state index contributed by atoms with van der Waals surface area (Å²) in [6.07, 6.45) is 1.48. The molecule has 0 radical (unpaired) electrons. The number of carbonyl (C=O) groups excluding carboxylic acids is 2. The first-order valence-corrected chi connectivity index (χ1v) is 7.32. The monoisotopic (exact) mass is 293 g/mol. The van der Waals surface area contributed by atoms with Crippen molar-refractivity contribution in [2.45, 2.75) is 59.3 Å². The molecule has 0 saturated carbocycles. The van der Waals surface area contributed by atoms with Gasteiger partial charge in [-0.3, -0.25) is 9.59 Å². The van der Waals surface area contributed by atoms with Crippen molar-refractivity contribution in [2.75, 3.05) is 0 Å². The van der Waals surface area contributed by atoms with Crippen LogP contribution in [0.2, 0.25) is 0 Å². The van der Waals surface area contributed by atoms with E-state index in [1.165, 1.54) is 6.33 Å². The van der Waals surface area contributed by atoms with Gasteiger partial charge in [-0.1, -0.05) is 13.8 Å². The molecular formula is C14H23N5O2. The minimum absolute atomic E-state index is 0.0550. The minimum Gasteiger partial charge on any atom is -0.342 e. The highest BCUT2D eigenvalue weighted by atomic mass is 16.2. The van der Waals surface area contributed by atoms with Crippen LogP contribution in [-0.4, -0.2) is 43.6 Å². The Morgan fingerprint density at radius 3 is 2.52 bits per heavy atom. The molecule has 1 aliphatic rings. The van der Waals surface area contributed by atoms with Gasteiger partial charge in [-0.05, 0) is 26.7 Å². The van der Waals surface area contributed by atoms with Gasteiger partial charge in [-0.25, -0.2) is 9.67 Å². The SMILES string of the molecule is CC(C)C1NC(=O)C(C)N(Cc2ncnn2C(C)C)C1=O. The van der Waals surface area contributed by atoms with Gasteiger partial charge < -0.3 is 10.2 Å². The van der Waals surface area contributed by atoms with Gasteiger partial charge >= 0.3 is 0 Å². The van der Waals surface area contributed by atoms with Gasteiger partial charge in [0.2, 0.25) is 11.8 Å². The zero-order valence-electron chi connectivity index (χ0n) is 13.2. The molecule has 1 fully saturated rings. The fourth-order valence-corrected chi connectivity index (χ4v) is 2.48. The van der Waals surface area contributed by atoms with E-state index >= 15 is 0 Å². The molecule has 2 unspecified atom stereocenters. The quantitative estimate of drug-likeness (QED) is 0.887. The summed E-state index contributed by atoms with van der Waals surface area (Å²) in [5.41, 5.74) is 0. The molecule has 0 bridgehead atoms. The third-order valence-electron chi connectivity index (χ3n) is 3.81. The molecule has 116 valence electrons. The summed E-state index contributed by atoms with van der Waals surface area (Å²) in [5.74, 6) is 0.571. The van der Waals surface area contributed by atoms with Gasteiger partial charge in [-0.15, -0.1) is 0 Å². The van der Waals surface area contributed by atoms with Gasteiger partial charge in [0.25, 0.3) is 0 Å². The lowest BCUT2D eigenvalue weighted by molar-refractivity contribution is -0.150. The lowest BCUT2D eigenvalue weighted by Crippen LogP contribution is -2.63. The predicted octanol–water partition coefficient (Wildman–Crippen LogP) is 0.730. The highest BCUT2D eigenvalue weighted by Crippen LogP contribution is 2.18. The summed E-state index contributed by atoms with van der Waals surface area (Å²) < 4.78 is 1.77. The van der Waals surface area contributed by atoms with Crippen LogP contribution in [0.15, 0.2) is 6.33 Å². The molecule has 2 rings (SSSR count). The van der Waals surface area contributed by atoms with E-state index < -0.39 is 12.1 Å². The number of amides is 2. The Morgan fingerprint density at radius 2 is 1.95 bits per heavy atom. The maximum Gasteiger partial charge on any atom is 0.246 e. The highest BCUT2D eigenvalue weighted by molar-refractivity contribution is 5.96. The van der Waals surface area contributed by atoms with Crippen molar-refractivity contribution >= 4 is 11.8 Å². The van der Waals surface area contributed by atoms with Crippen molar-refractivity contribution < 1.29 is 9.59 Å². The van der Waals surface area contributed by atoms with Crippen molar-refractivity contribution in [1.29, 1.82) is 0 Å². The average Bonchev–Trinajstić information content (AvgIpc) is 2.86. The van der Waals surface area contributed by atoms with E-state index in [-0.39, 0.29) is 23.8 Å². The van der Waals surface area contributed by atoms with E-state index in [0.29, 0.717) is 12.4 Å². The van der Waals surface area contributed by atoms with E-state index in [2.05, 4.69) is 15.4 Å². The molecule has 2 atom stereocenters. The van der Waals surface area contributed by atoms with E-state index in [1.807, 2.05) is 27.7 Å². The Kier molecular flexibility index (Phi) is 4.29. The Bertz CT molecular complexity index is 537. The van der Waals surface area contributed by atoms with Crippen molar-refractivity contribution in [1.82, 2.24) is 25.0 Å². The molecule has 0 aliphatic carbocycles. The van der Waals surface area contributed by atoms with Crippen molar-refractivity contribution in [3.63, 3.8) is 0 Å². The Hall–Kier alpha value is -1.92. The van der Waals surface area contributed by atoms with Crippen LogP contribution in [0.1, 0.15) is 46.5 Å². The van der Waals surface area contributed by atoms with Gasteiger partial charge in [0.05, 0.1) is 6.54 Å². The topological polar surface area (TPSA) is 80.1 Å². The molecule has 0 spiro atoms. The first-order valence-electron chi connectivity index (χ1n) is 7.32. The lowest BCUT2D eigenvalue weighted by atomic mass is 9.98. The summed E-state index contributed by atoms with van der Waals surface area (Å²) in [6.45, 7) is 9.89. The van der Waals surface area contributed by atoms with Crippen LogP contribution >= 0.6 is 0 Å². The molecule has 21 heavy (non-hydrogen) atoms. The maximum absolute atomic E-state index is 12.6. The summed E-state index contributed by atoms with van der Waals surface area (Å²) in [4.78, 5) is 30.5. The second kappa shape index (κ2) is 5.83. The third kappa shape index (κ3) is 2.91. The summed E-state index contributed by atoms with van der Waals surface area (Å²) in [5, 5.41) is 6.96. The molecule has 1 aromatic rings. The molecule has 2 amide bonds. The summed E-state index contributed by atoms with van der Waals surface area (Å²) >= 11 is 0. The van der Waals surface area contributed by atoms with Crippen molar-refractivity contribution in [2.24, 2.45) is 5.92 Å². The molecule has 0 aromatic carbocycles. The van der Waals surface area contributed by atoms with Crippen LogP contribution in [0.3, 0.4) is 0 Å². The largest absolute Gasteiger partial charge is 0.342 e. The number of rotatable bonds is 4. The van der Waals surface area contributed by atoms with Crippen LogP contribution < -0.4 is 5.32 Å². The number of hydrogen-bond donors (Lipinski definition) is 1. The van der Waals surface area contributed by atoms with Crippen LogP contribution in [0.25, 0.3) is 0 Å². The molecular weight excluding hydrogens is 270 g/mol. The zero-order valence-corrected chi connectivity index (χ0v) is 13.2. The Balaban J connectivity index is 2.25. The first-order chi connectivity index (χ1) is 9.82. The van der Waals surface area contributed by atoms with Gasteiger partial charge in [0, 0.05) is 6.04 Å². The number of nitrogens with zero attached hydrogens (tertiary/aromatic N) is 4. The third-order valence-corrected chi connectivity index (χ3v) is 3.81. The zero-order chi connectivity index (χ0) is 15.7. The lowest BCUT2D eigenvalue weighted by Gasteiger charge is -2.38. The number of aromatic nitrogens is 3. The molecule has 1 N–H and O–H groups in total. The summed E-state index contributed by atoms with van der Waals surface area (Å²) in [7, 11) is 0. The predicted molar refractivity (Wildman–Crippen MR) is 77.2 cm³/mol. The highest BCUT2D eigenvalue weighted by Gasteiger charge is 2.39. The van der Waals surface area contributed by atoms with Crippen molar-refractivity contribution in [3.8, 4) is 0 Å². The van der Waals surface area contributed by atoms with Gasteiger partial charge in [0.1, 0.15) is 24.2 Å². The second-order valence-corrected chi connectivity index (χ2v) is 6.09. The Morgan fingerprint density at radius 1 is 1.29 bits per heavy atom. The smallest absolute Gasteiger partial charge is 0.246 e. The minimum atomic E-state index is -0.496. The summed E-state index contributed by atoms with van der Waals surface area (Å²) in [6, 6.07) is -0.804. The van der Waals surface area contributed by atoms with E-state index in [1.54, 1.807) is 16.5 Å². The van der Waals surface area contributed by atoms with Crippen molar-refractivity contribution in [3.05, 3.63) is 12.2 Å². The molecule has 2 heterocycles. The molecule has 1 aliphatic heterocycles. The second-order valence-electron chi connectivity index (χ2n) is 6.09. The first kappa shape index (κ1) is 15.5. The number of carbonyl (C=O) groups is 2. The van der Waals surface area contributed by atoms with E-state index in [0.717, 1.165) is 0 Å². The normalized spacial score (nSPS) is 23.1. The molecule has 1 aromatic heterocycles.